The zero-order valence-electron chi connectivity index (χ0n) is 35.5. The van der Waals surface area contributed by atoms with Crippen molar-refractivity contribution in [1.82, 2.24) is 9.55 Å². The molecule has 0 unspecified atom stereocenters. The first kappa shape index (κ1) is 37.0. The van der Waals surface area contributed by atoms with E-state index in [0.29, 0.717) is 0 Å². The molecule has 0 atom stereocenters. The van der Waals surface area contributed by atoms with E-state index in [1.165, 1.54) is 93.2 Å². The van der Waals surface area contributed by atoms with Crippen molar-refractivity contribution in [2.24, 2.45) is 0 Å². The average molecular weight is 825 g/mol. The third-order valence-corrected chi connectivity index (χ3v) is 13.4. The monoisotopic (exact) mass is 824 g/mol. The normalized spacial score (nSPS) is 11.7. The maximum absolute atomic E-state index is 4.98. The zero-order chi connectivity index (χ0) is 42.8. The van der Waals surface area contributed by atoms with E-state index in [-0.39, 0.29) is 0 Å². The number of hydrogen-bond donors (Lipinski definition) is 0. The zero-order valence-corrected chi connectivity index (χ0v) is 35.5. The third kappa shape index (κ3) is 5.92. The van der Waals surface area contributed by atoms with Gasteiger partial charge in [-0.15, -0.1) is 0 Å². The van der Waals surface area contributed by atoms with Gasteiger partial charge in [-0.25, -0.2) is 0 Å². The maximum Gasteiger partial charge on any atom is 0.0963 e. The van der Waals surface area contributed by atoms with E-state index >= 15 is 0 Å². The molecule has 0 aliphatic carbocycles. The van der Waals surface area contributed by atoms with Gasteiger partial charge in [-0.05, 0) is 141 Å². The van der Waals surface area contributed by atoms with Crippen molar-refractivity contribution in [2.75, 3.05) is 0 Å². The van der Waals surface area contributed by atoms with Crippen LogP contribution in [-0.4, -0.2) is 9.55 Å². The number of fused-ring (bicyclic) bond motifs is 7. The number of rotatable bonds is 6. The Balaban J connectivity index is 0.993. The number of hydrogen-bond acceptors (Lipinski definition) is 1. The molecular weight excluding hydrogens is 785 g/mol. The van der Waals surface area contributed by atoms with Gasteiger partial charge >= 0.3 is 0 Å². The average Bonchev–Trinajstić information content (AvgIpc) is 3.71. The molecule has 2 heterocycles. The summed E-state index contributed by atoms with van der Waals surface area (Å²) in [7, 11) is 0. The second-order valence-electron chi connectivity index (χ2n) is 17.0. The summed E-state index contributed by atoms with van der Waals surface area (Å²) in [5.41, 5.74) is 16.5. The molecule has 0 saturated carbocycles. The summed E-state index contributed by atoms with van der Waals surface area (Å²) in [6, 6.07) is 86.5. The lowest BCUT2D eigenvalue weighted by atomic mass is 9.85. The van der Waals surface area contributed by atoms with Crippen LogP contribution in [0, 0.1) is 0 Å². The van der Waals surface area contributed by atoms with Crippen molar-refractivity contribution >= 4 is 65.0 Å². The van der Waals surface area contributed by atoms with E-state index in [4.69, 9.17) is 4.98 Å². The van der Waals surface area contributed by atoms with Gasteiger partial charge in [0, 0.05) is 17.3 Å². The Morgan fingerprint density at radius 2 is 0.646 bits per heavy atom. The highest BCUT2D eigenvalue weighted by Crippen LogP contribution is 2.46. The highest BCUT2D eigenvalue weighted by molar-refractivity contribution is 6.23. The van der Waals surface area contributed by atoms with E-state index in [1.54, 1.807) is 0 Å². The van der Waals surface area contributed by atoms with Crippen molar-refractivity contribution in [3.8, 4) is 61.3 Å². The summed E-state index contributed by atoms with van der Waals surface area (Å²) < 4.78 is 2.40. The molecule has 0 bridgehead atoms. The van der Waals surface area contributed by atoms with E-state index in [0.717, 1.165) is 33.2 Å². The fraction of sp³-hybridized carbons (Fsp3) is 0. The maximum atomic E-state index is 4.98. The Kier molecular flexibility index (Phi) is 8.57. The van der Waals surface area contributed by atoms with Crippen LogP contribution in [0.5, 0.6) is 0 Å². The molecule has 65 heavy (non-hydrogen) atoms. The molecular formula is C63H40N2. The third-order valence-electron chi connectivity index (χ3n) is 13.4. The Morgan fingerprint density at radius 3 is 1.15 bits per heavy atom. The molecule has 0 saturated heterocycles. The first-order chi connectivity index (χ1) is 32.3. The molecule has 0 amide bonds. The molecule has 0 aliphatic heterocycles. The standard InChI is InChI=1S/C63H40N2/c1-3-18-41(19-4-1)59-48-26-7-11-30-52(48)61(53-31-12-8-27-49(53)59)45-23-15-22-43(38-45)44-35-36-56-58(40-44)65(57-34-17-37-64-63(56)57)47-25-16-24-46(39-47)62-54-32-13-9-28-50(54)60(42-20-5-2-6-21-42)51-29-10-14-33-55(51)62/h1-40H. The molecule has 2 heteroatoms. The second-order valence-corrected chi connectivity index (χ2v) is 17.0. The smallest absolute Gasteiger partial charge is 0.0963 e. The van der Waals surface area contributed by atoms with Crippen LogP contribution in [-0.2, 0) is 0 Å². The summed E-state index contributed by atoms with van der Waals surface area (Å²) in [5.74, 6) is 0. The molecule has 0 spiro atoms. The fourth-order valence-electron chi connectivity index (χ4n) is 10.7. The van der Waals surface area contributed by atoms with E-state index < -0.39 is 0 Å². The Morgan fingerprint density at radius 1 is 0.246 bits per heavy atom. The summed E-state index contributed by atoms with van der Waals surface area (Å²) in [4.78, 5) is 4.98. The van der Waals surface area contributed by atoms with Gasteiger partial charge in [-0.2, -0.15) is 0 Å². The molecule has 13 rings (SSSR count). The van der Waals surface area contributed by atoms with Crippen LogP contribution in [0.3, 0.4) is 0 Å². The van der Waals surface area contributed by atoms with Crippen LogP contribution >= 0.6 is 0 Å². The topological polar surface area (TPSA) is 17.8 Å². The van der Waals surface area contributed by atoms with Crippen LogP contribution < -0.4 is 0 Å². The van der Waals surface area contributed by atoms with Crippen molar-refractivity contribution in [3.63, 3.8) is 0 Å². The molecule has 0 radical (unpaired) electrons. The van der Waals surface area contributed by atoms with Gasteiger partial charge in [-0.3, -0.25) is 4.98 Å². The largest absolute Gasteiger partial charge is 0.308 e. The summed E-state index contributed by atoms with van der Waals surface area (Å²) in [6.45, 7) is 0. The van der Waals surface area contributed by atoms with Gasteiger partial charge in [0.05, 0.1) is 16.6 Å². The summed E-state index contributed by atoms with van der Waals surface area (Å²) in [6.07, 6.45) is 1.91. The molecule has 11 aromatic carbocycles. The minimum Gasteiger partial charge on any atom is -0.308 e. The fourth-order valence-corrected chi connectivity index (χ4v) is 10.7. The van der Waals surface area contributed by atoms with Crippen molar-refractivity contribution < 1.29 is 0 Å². The predicted octanol–water partition coefficient (Wildman–Crippen LogP) is 17.1. The first-order valence-corrected chi connectivity index (χ1v) is 22.4. The van der Waals surface area contributed by atoms with Gasteiger partial charge in [0.2, 0.25) is 0 Å². The van der Waals surface area contributed by atoms with Gasteiger partial charge in [0.25, 0.3) is 0 Å². The number of nitrogens with zero attached hydrogens (tertiary/aromatic N) is 2. The van der Waals surface area contributed by atoms with Crippen molar-refractivity contribution in [3.05, 3.63) is 243 Å². The molecule has 0 aliphatic rings. The minimum atomic E-state index is 0.993. The van der Waals surface area contributed by atoms with Crippen molar-refractivity contribution in [1.29, 1.82) is 0 Å². The SMILES string of the molecule is c1ccc(-c2c3ccccc3c(-c3cccc(-c4ccc5c6ncccc6n(-c6cccc(-c7c8ccccc8c(-c8ccccc8)c8ccccc78)c6)c5c4)c3)c3ccccc23)cc1. The number of benzene rings is 11. The number of pyridine rings is 1. The Bertz CT molecular complexity index is 3880. The summed E-state index contributed by atoms with van der Waals surface area (Å²) >= 11 is 0. The van der Waals surface area contributed by atoms with Crippen LogP contribution in [0.25, 0.3) is 126 Å². The molecule has 302 valence electrons. The molecule has 2 nitrogen and oxygen atoms in total. The second kappa shape index (κ2) is 15.0. The summed E-state index contributed by atoms with van der Waals surface area (Å²) in [5, 5.41) is 11.1. The highest BCUT2D eigenvalue weighted by atomic mass is 15.0. The lowest BCUT2D eigenvalue weighted by molar-refractivity contribution is 1.18. The van der Waals surface area contributed by atoms with Crippen molar-refractivity contribution in [2.45, 2.75) is 0 Å². The van der Waals surface area contributed by atoms with E-state index in [1.807, 2.05) is 12.3 Å². The highest BCUT2D eigenvalue weighted by Gasteiger charge is 2.20. The van der Waals surface area contributed by atoms with Gasteiger partial charge in [0.1, 0.15) is 0 Å². The van der Waals surface area contributed by atoms with Gasteiger partial charge < -0.3 is 4.57 Å². The van der Waals surface area contributed by atoms with E-state index in [9.17, 15) is 0 Å². The predicted molar refractivity (Wildman–Crippen MR) is 276 cm³/mol. The lowest BCUT2D eigenvalue weighted by Crippen LogP contribution is -1.96. The van der Waals surface area contributed by atoms with Crippen LogP contribution in [0.4, 0.5) is 0 Å². The molecule has 13 aromatic rings. The van der Waals surface area contributed by atoms with Gasteiger partial charge in [0.15, 0.2) is 0 Å². The van der Waals surface area contributed by atoms with Gasteiger partial charge in [-0.1, -0.05) is 194 Å². The van der Waals surface area contributed by atoms with Crippen LogP contribution in [0.1, 0.15) is 0 Å². The quantitative estimate of drug-likeness (QED) is 0.153. The van der Waals surface area contributed by atoms with Crippen LogP contribution in [0.15, 0.2) is 243 Å². The molecule has 2 aromatic heterocycles. The van der Waals surface area contributed by atoms with Crippen LogP contribution in [0.2, 0.25) is 0 Å². The lowest BCUT2D eigenvalue weighted by Gasteiger charge is -2.18. The molecule has 0 N–H and O–H groups in total. The number of aromatic nitrogens is 2. The molecule has 0 fully saturated rings. The minimum absolute atomic E-state index is 0.993. The van der Waals surface area contributed by atoms with E-state index in [2.05, 4.69) is 235 Å². The first-order valence-electron chi connectivity index (χ1n) is 22.4. The Hall–Kier alpha value is -8.59. The Labute approximate surface area is 377 Å².